The van der Waals surface area contributed by atoms with Gasteiger partial charge in [0.2, 0.25) is 10.0 Å². The monoisotopic (exact) mass is 555 g/mol. The van der Waals surface area contributed by atoms with Crippen LogP contribution in [0, 0.1) is 0 Å². The fourth-order valence-electron chi connectivity index (χ4n) is 2.71. The standard InChI is InChI=1S/C15H24F3N5O2S2.HI/c1-12(15(16,17)18)22-7-9-23(10-8-22)14(19-2)20-5-6-21-27(24,25)13-4-3-11-26-13;/h3-4,11-12,21H,5-10H2,1-2H3,(H,19,20);1H. The highest BCUT2D eigenvalue weighted by Crippen LogP contribution is 2.25. The van der Waals surface area contributed by atoms with Crippen LogP contribution in [0.25, 0.3) is 0 Å². The van der Waals surface area contributed by atoms with Gasteiger partial charge in [-0.1, -0.05) is 6.07 Å². The Kier molecular flexibility index (Phi) is 9.93. The normalized spacial score (nSPS) is 17.9. The molecule has 2 rings (SSSR count). The molecule has 1 saturated heterocycles. The van der Waals surface area contributed by atoms with E-state index < -0.39 is 22.2 Å². The first-order valence-corrected chi connectivity index (χ1v) is 10.8. The van der Waals surface area contributed by atoms with Crippen molar-refractivity contribution < 1.29 is 21.6 Å². The van der Waals surface area contributed by atoms with Gasteiger partial charge in [0.25, 0.3) is 0 Å². The number of hydrogen-bond donors (Lipinski definition) is 2. The zero-order valence-corrected chi connectivity index (χ0v) is 19.5. The SMILES string of the molecule is CN=C(NCCNS(=O)(=O)c1cccs1)N1CCN(C(C)C(F)(F)F)CC1.I. The average molecular weight is 555 g/mol. The number of piperazine rings is 1. The number of guanidine groups is 1. The third kappa shape index (κ3) is 7.00. The molecule has 1 aliphatic rings. The molecule has 1 aliphatic heterocycles. The van der Waals surface area contributed by atoms with Gasteiger partial charge < -0.3 is 10.2 Å². The third-order valence-corrected chi connectivity index (χ3v) is 7.17. The van der Waals surface area contributed by atoms with Gasteiger partial charge in [0.05, 0.1) is 0 Å². The summed E-state index contributed by atoms with van der Waals surface area (Å²) in [7, 11) is -1.93. The predicted molar refractivity (Wildman–Crippen MR) is 115 cm³/mol. The molecule has 28 heavy (non-hydrogen) atoms. The highest BCUT2D eigenvalue weighted by molar-refractivity contribution is 14.0. The average Bonchev–Trinajstić information content (AvgIpc) is 3.16. The van der Waals surface area contributed by atoms with E-state index in [-0.39, 0.29) is 47.8 Å². The van der Waals surface area contributed by atoms with E-state index in [4.69, 9.17) is 0 Å². The zero-order chi connectivity index (χ0) is 20.1. The van der Waals surface area contributed by atoms with E-state index in [1.165, 1.54) is 17.9 Å². The summed E-state index contributed by atoms with van der Waals surface area (Å²) in [6, 6.07) is 1.72. The lowest BCUT2D eigenvalue weighted by Gasteiger charge is -2.39. The number of aliphatic imine (C=N–C) groups is 1. The Morgan fingerprint density at radius 2 is 1.93 bits per heavy atom. The summed E-state index contributed by atoms with van der Waals surface area (Å²) in [5.74, 6) is 0.546. The molecule has 2 heterocycles. The van der Waals surface area contributed by atoms with Crippen LogP contribution in [0.2, 0.25) is 0 Å². The van der Waals surface area contributed by atoms with Crippen LogP contribution in [-0.2, 0) is 10.0 Å². The lowest BCUT2D eigenvalue weighted by atomic mass is 10.2. The van der Waals surface area contributed by atoms with Gasteiger partial charge in [0.1, 0.15) is 10.3 Å². The van der Waals surface area contributed by atoms with Crippen molar-refractivity contribution in [3.63, 3.8) is 0 Å². The lowest BCUT2D eigenvalue weighted by Crippen LogP contribution is -2.57. The minimum Gasteiger partial charge on any atom is -0.355 e. The maximum Gasteiger partial charge on any atom is 0.403 e. The molecule has 1 aromatic heterocycles. The number of alkyl halides is 3. The molecule has 1 atom stereocenters. The van der Waals surface area contributed by atoms with Crippen LogP contribution in [0.1, 0.15) is 6.92 Å². The quantitative estimate of drug-likeness (QED) is 0.243. The van der Waals surface area contributed by atoms with Gasteiger partial charge in [0, 0.05) is 46.3 Å². The molecule has 2 N–H and O–H groups in total. The van der Waals surface area contributed by atoms with E-state index in [1.807, 2.05) is 4.90 Å². The molecule has 0 radical (unpaired) electrons. The number of rotatable bonds is 6. The zero-order valence-electron chi connectivity index (χ0n) is 15.6. The van der Waals surface area contributed by atoms with Crippen molar-refractivity contribution in [3.05, 3.63) is 17.5 Å². The van der Waals surface area contributed by atoms with E-state index in [0.29, 0.717) is 25.6 Å². The molecule has 0 aliphatic carbocycles. The summed E-state index contributed by atoms with van der Waals surface area (Å²) in [5.41, 5.74) is 0. The molecule has 1 aromatic rings. The second-order valence-corrected chi connectivity index (χ2v) is 8.99. The van der Waals surface area contributed by atoms with Crippen LogP contribution in [0.5, 0.6) is 0 Å². The maximum atomic E-state index is 12.8. The van der Waals surface area contributed by atoms with Crippen LogP contribution < -0.4 is 10.0 Å². The van der Waals surface area contributed by atoms with Gasteiger partial charge in [-0.25, -0.2) is 13.1 Å². The number of thiophene rings is 1. The first-order chi connectivity index (χ1) is 12.6. The predicted octanol–water partition coefficient (Wildman–Crippen LogP) is 1.79. The van der Waals surface area contributed by atoms with Crippen molar-refractivity contribution in [2.75, 3.05) is 46.3 Å². The van der Waals surface area contributed by atoms with Gasteiger partial charge in [0.15, 0.2) is 5.96 Å². The highest BCUT2D eigenvalue weighted by Gasteiger charge is 2.41. The number of halogens is 4. The smallest absolute Gasteiger partial charge is 0.355 e. The summed E-state index contributed by atoms with van der Waals surface area (Å²) in [5, 5.41) is 4.73. The van der Waals surface area contributed by atoms with Gasteiger partial charge in [-0.05, 0) is 18.4 Å². The second kappa shape index (κ2) is 10.9. The van der Waals surface area contributed by atoms with E-state index >= 15 is 0 Å². The molecule has 1 fully saturated rings. The van der Waals surface area contributed by atoms with Crippen LogP contribution in [0.4, 0.5) is 13.2 Å². The summed E-state index contributed by atoms with van der Waals surface area (Å²) < 4.78 is 65.2. The molecule has 0 spiro atoms. The van der Waals surface area contributed by atoms with Crippen LogP contribution >= 0.6 is 35.3 Å². The number of nitrogens with zero attached hydrogens (tertiary/aromatic N) is 3. The number of sulfonamides is 1. The summed E-state index contributed by atoms with van der Waals surface area (Å²) >= 11 is 1.14. The van der Waals surface area contributed by atoms with Gasteiger partial charge in [-0.2, -0.15) is 13.2 Å². The highest BCUT2D eigenvalue weighted by atomic mass is 127. The first kappa shape index (κ1) is 25.4. The Morgan fingerprint density at radius 3 is 2.43 bits per heavy atom. The molecule has 0 bridgehead atoms. The molecule has 0 aromatic carbocycles. The van der Waals surface area contributed by atoms with E-state index in [2.05, 4.69) is 15.0 Å². The van der Waals surface area contributed by atoms with Crippen molar-refractivity contribution in [1.82, 2.24) is 19.8 Å². The first-order valence-electron chi connectivity index (χ1n) is 8.44. The maximum absolute atomic E-state index is 12.8. The Hall–Kier alpha value is -0.640. The number of nitrogens with one attached hydrogen (secondary N) is 2. The molecule has 0 saturated carbocycles. The molecule has 162 valence electrons. The van der Waals surface area contributed by atoms with E-state index in [0.717, 1.165) is 11.3 Å². The topological polar surface area (TPSA) is 77.0 Å². The fraction of sp³-hybridized carbons (Fsp3) is 0.667. The summed E-state index contributed by atoms with van der Waals surface area (Å²) in [4.78, 5) is 7.40. The summed E-state index contributed by atoms with van der Waals surface area (Å²) in [6.45, 7) is 3.06. The van der Waals surface area contributed by atoms with Crippen LogP contribution in [0.15, 0.2) is 26.7 Å². The van der Waals surface area contributed by atoms with Crippen molar-refractivity contribution in [1.29, 1.82) is 0 Å². The fourth-order valence-corrected chi connectivity index (χ4v) is 4.78. The van der Waals surface area contributed by atoms with Crippen molar-refractivity contribution in [2.24, 2.45) is 4.99 Å². The Balaban J connectivity index is 0.00000392. The molecule has 7 nitrogen and oxygen atoms in total. The lowest BCUT2D eigenvalue weighted by molar-refractivity contribution is -0.181. The Bertz CT molecular complexity index is 721. The second-order valence-electron chi connectivity index (χ2n) is 6.04. The minimum atomic E-state index is -4.23. The van der Waals surface area contributed by atoms with Gasteiger partial charge in [-0.3, -0.25) is 9.89 Å². The molecule has 0 amide bonds. The van der Waals surface area contributed by atoms with Crippen LogP contribution in [-0.4, -0.2) is 82.7 Å². The van der Waals surface area contributed by atoms with Crippen molar-refractivity contribution >= 4 is 51.3 Å². The van der Waals surface area contributed by atoms with Crippen LogP contribution in [0.3, 0.4) is 0 Å². The minimum absolute atomic E-state index is 0. The third-order valence-electron chi connectivity index (χ3n) is 4.31. The number of hydrogen-bond acceptors (Lipinski definition) is 5. The van der Waals surface area contributed by atoms with E-state index in [9.17, 15) is 21.6 Å². The molecular formula is C15H25F3IN5O2S2. The molecule has 1 unspecified atom stereocenters. The van der Waals surface area contributed by atoms with Crippen molar-refractivity contribution in [3.8, 4) is 0 Å². The van der Waals surface area contributed by atoms with Crippen molar-refractivity contribution in [2.45, 2.75) is 23.4 Å². The summed E-state index contributed by atoms with van der Waals surface area (Å²) in [6.07, 6.45) is -4.23. The van der Waals surface area contributed by atoms with Gasteiger partial charge >= 0.3 is 6.18 Å². The molecular weight excluding hydrogens is 530 g/mol. The molecule has 13 heteroatoms. The van der Waals surface area contributed by atoms with Gasteiger partial charge in [-0.15, -0.1) is 35.3 Å². The largest absolute Gasteiger partial charge is 0.403 e. The Labute approximate surface area is 184 Å². The van der Waals surface area contributed by atoms with E-state index in [1.54, 1.807) is 18.5 Å². The Morgan fingerprint density at radius 1 is 1.29 bits per heavy atom.